The number of phenolic OH excluding ortho intramolecular Hbond substituents is 1. The average molecular weight is 387 g/mol. The minimum absolute atomic E-state index is 0.109. The summed E-state index contributed by atoms with van der Waals surface area (Å²) in [5.74, 6) is 0.951. The predicted molar refractivity (Wildman–Crippen MR) is 113 cm³/mol. The van der Waals surface area contributed by atoms with E-state index in [1.807, 2.05) is 6.08 Å². The number of aromatic hydroxyl groups is 1. The second-order valence-corrected chi connectivity index (χ2v) is 8.24. The molecule has 4 nitrogen and oxygen atoms in total. The molecule has 29 heavy (non-hydrogen) atoms. The number of piperidine rings is 1. The number of nitrogens with zero attached hydrogens (tertiary/aromatic N) is 1. The molecule has 1 aliphatic carbocycles. The van der Waals surface area contributed by atoms with Crippen molar-refractivity contribution < 1.29 is 14.6 Å². The van der Waals surface area contributed by atoms with Crippen molar-refractivity contribution in [1.82, 2.24) is 4.90 Å². The first-order valence-electron chi connectivity index (χ1n) is 10.4. The van der Waals surface area contributed by atoms with Crippen molar-refractivity contribution in [1.29, 1.82) is 0 Å². The normalized spacial score (nSPS) is 19.8. The van der Waals surface area contributed by atoms with Gasteiger partial charge in [-0.15, -0.1) is 0 Å². The molecule has 2 aromatic carbocycles. The summed E-state index contributed by atoms with van der Waals surface area (Å²) in [4.78, 5) is 15.3. The number of hydrogen-bond acceptors (Lipinski definition) is 4. The molecule has 1 fully saturated rings. The Bertz CT molecular complexity index is 1060. The van der Waals surface area contributed by atoms with Gasteiger partial charge in [-0.3, -0.25) is 9.69 Å². The summed E-state index contributed by atoms with van der Waals surface area (Å²) in [6.07, 6.45) is 8.48. The topological polar surface area (TPSA) is 49.8 Å². The zero-order valence-corrected chi connectivity index (χ0v) is 16.7. The van der Waals surface area contributed by atoms with Gasteiger partial charge in [0.15, 0.2) is 5.76 Å². The highest BCUT2D eigenvalue weighted by Crippen LogP contribution is 2.41. The zero-order valence-electron chi connectivity index (χ0n) is 16.7. The van der Waals surface area contributed by atoms with Gasteiger partial charge in [0, 0.05) is 6.54 Å². The minimum atomic E-state index is -0.109. The van der Waals surface area contributed by atoms with Crippen molar-refractivity contribution in [3.8, 4) is 11.5 Å². The van der Waals surface area contributed by atoms with Crippen LogP contribution in [0, 0.1) is 6.92 Å². The van der Waals surface area contributed by atoms with E-state index in [0.717, 1.165) is 30.6 Å². The number of benzene rings is 2. The molecule has 1 saturated heterocycles. The molecule has 2 aromatic rings. The van der Waals surface area contributed by atoms with Crippen molar-refractivity contribution in [2.75, 3.05) is 13.1 Å². The van der Waals surface area contributed by atoms with Crippen molar-refractivity contribution in [3.05, 3.63) is 76.1 Å². The number of carbonyl (C=O) groups is 1. The zero-order chi connectivity index (χ0) is 20.0. The lowest BCUT2D eigenvalue weighted by atomic mass is 10.0. The van der Waals surface area contributed by atoms with E-state index < -0.39 is 0 Å². The van der Waals surface area contributed by atoms with Gasteiger partial charge in [0.2, 0.25) is 5.78 Å². The van der Waals surface area contributed by atoms with Crippen molar-refractivity contribution in [2.45, 2.75) is 39.2 Å². The highest BCUT2D eigenvalue weighted by molar-refractivity contribution is 6.14. The van der Waals surface area contributed by atoms with Crippen LogP contribution in [-0.4, -0.2) is 28.9 Å². The number of rotatable bonds is 3. The Kier molecular flexibility index (Phi) is 4.51. The standard InChI is InChI=1S/C25H25NO3/c1-16-5-6-17-7-8-18(20(17)13-16)14-23-24(28)19-9-10-22(27)21(25(19)29-23)15-26-11-3-2-4-12-26/h5-6,8-10,13-14,27H,2-4,7,11-12,15H2,1H3/b23-14-. The van der Waals surface area contributed by atoms with Crippen LogP contribution in [0.3, 0.4) is 0 Å². The Balaban J connectivity index is 1.46. The maximum atomic E-state index is 13.0. The van der Waals surface area contributed by atoms with Gasteiger partial charge in [0.05, 0.1) is 11.1 Å². The molecular weight excluding hydrogens is 362 g/mol. The summed E-state index contributed by atoms with van der Waals surface area (Å²) >= 11 is 0. The number of ketones is 1. The van der Waals surface area contributed by atoms with E-state index in [9.17, 15) is 9.90 Å². The van der Waals surface area contributed by atoms with Crippen LogP contribution in [0.2, 0.25) is 0 Å². The highest BCUT2D eigenvalue weighted by atomic mass is 16.5. The summed E-state index contributed by atoms with van der Waals surface area (Å²) in [6.45, 7) is 4.72. The molecule has 0 unspecified atom stereocenters. The molecule has 0 bridgehead atoms. The summed E-state index contributed by atoms with van der Waals surface area (Å²) in [7, 11) is 0. The third-order valence-electron chi connectivity index (χ3n) is 6.15. The van der Waals surface area contributed by atoms with Crippen molar-refractivity contribution in [2.24, 2.45) is 0 Å². The van der Waals surface area contributed by atoms with E-state index in [0.29, 0.717) is 23.6 Å². The van der Waals surface area contributed by atoms with Crippen LogP contribution in [0.4, 0.5) is 0 Å². The second-order valence-electron chi connectivity index (χ2n) is 8.24. The Hall–Kier alpha value is -2.85. The molecule has 2 aliphatic heterocycles. The number of likely N-dealkylation sites (tertiary alicyclic amines) is 1. The van der Waals surface area contributed by atoms with Gasteiger partial charge in [-0.1, -0.05) is 36.3 Å². The molecule has 1 N–H and O–H groups in total. The van der Waals surface area contributed by atoms with Crippen LogP contribution in [-0.2, 0) is 13.0 Å². The minimum Gasteiger partial charge on any atom is -0.507 e. The Morgan fingerprint density at radius 3 is 2.76 bits per heavy atom. The summed E-state index contributed by atoms with van der Waals surface area (Å²) in [5, 5.41) is 10.5. The lowest BCUT2D eigenvalue weighted by Crippen LogP contribution is -2.29. The summed E-state index contributed by atoms with van der Waals surface area (Å²) < 4.78 is 6.06. The second kappa shape index (κ2) is 7.20. The SMILES string of the molecule is Cc1ccc2c(c1)C(/C=C1\Oc3c(ccc(O)c3CN3CCCCC3)C1=O)=CC2. The van der Waals surface area contributed by atoms with E-state index in [1.54, 1.807) is 12.1 Å². The third-order valence-corrected chi connectivity index (χ3v) is 6.15. The van der Waals surface area contributed by atoms with Gasteiger partial charge in [-0.2, -0.15) is 0 Å². The van der Waals surface area contributed by atoms with Gasteiger partial charge in [0.25, 0.3) is 0 Å². The van der Waals surface area contributed by atoms with E-state index >= 15 is 0 Å². The molecule has 0 atom stereocenters. The van der Waals surface area contributed by atoms with Crippen LogP contribution in [0.5, 0.6) is 11.5 Å². The first-order valence-corrected chi connectivity index (χ1v) is 10.4. The number of Topliss-reactive ketones (excluding diaryl/α,β-unsaturated/α-hetero) is 1. The molecule has 2 heterocycles. The fourth-order valence-electron chi connectivity index (χ4n) is 4.54. The van der Waals surface area contributed by atoms with Gasteiger partial charge >= 0.3 is 0 Å². The lowest BCUT2D eigenvalue weighted by molar-refractivity contribution is 0.101. The fourth-order valence-corrected chi connectivity index (χ4v) is 4.54. The van der Waals surface area contributed by atoms with E-state index in [2.05, 4.69) is 36.1 Å². The Morgan fingerprint density at radius 2 is 1.93 bits per heavy atom. The van der Waals surface area contributed by atoms with Crippen LogP contribution < -0.4 is 4.74 Å². The number of phenols is 1. The van der Waals surface area contributed by atoms with Gasteiger partial charge in [-0.25, -0.2) is 0 Å². The fraction of sp³-hybridized carbons (Fsp3) is 0.320. The highest BCUT2D eigenvalue weighted by Gasteiger charge is 2.32. The number of fused-ring (bicyclic) bond motifs is 2. The maximum absolute atomic E-state index is 13.0. The van der Waals surface area contributed by atoms with Gasteiger partial charge in [0.1, 0.15) is 11.5 Å². The molecule has 0 aromatic heterocycles. The van der Waals surface area contributed by atoms with Gasteiger partial charge in [-0.05, 0) is 74.2 Å². The molecule has 5 rings (SSSR count). The number of allylic oxidation sites excluding steroid dienone is 4. The molecule has 0 saturated carbocycles. The monoisotopic (exact) mass is 387 g/mol. The molecule has 3 aliphatic rings. The number of hydrogen-bond donors (Lipinski definition) is 1. The maximum Gasteiger partial charge on any atom is 0.231 e. The lowest BCUT2D eigenvalue weighted by Gasteiger charge is -2.27. The number of carbonyl (C=O) groups excluding carboxylic acids is 1. The average Bonchev–Trinajstić information content (AvgIpc) is 3.26. The van der Waals surface area contributed by atoms with Crippen molar-refractivity contribution >= 4 is 11.4 Å². The molecule has 0 spiro atoms. The van der Waals surface area contributed by atoms with Crippen molar-refractivity contribution in [3.63, 3.8) is 0 Å². The van der Waals surface area contributed by atoms with Crippen LogP contribution in [0.15, 0.2) is 48.2 Å². The largest absolute Gasteiger partial charge is 0.507 e. The Labute approximate surface area is 171 Å². The number of aryl methyl sites for hydroxylation is 1. The van der Waals surface area contributed by atoms with E-state index in [-0.39, 0.29) is 11.5 Å². The molecule has 148 valence electrons. The summed E-state index contributed by atoms with van der Waals surface area (Å²) in [6, 6.07) is 9.72. The predicted octanol–water partition coefficient (Wildman–Crippen LogP) is 4.79. The number of ether oxygens (including phenoxy) is 1. The Morgan fingerprint density at radius 1 is 1.10 bits per heavy atom. The van der Waals surface area contributed by atoms with Crippen LogP contribution in [0.25, 0.3) is 5.57 Å². The molecular formula is C25H25NO3. The molecule has 0 radical (unpaired) electrons. The molecule has 4 heteroatoms. The first kappa shape index (κ1) is 18.2. The smallest absolute Gasteiger partial charge is 0.231 e. The van der Waals surface area contributed by atoms with Crippen LogP contribution >= 0.6 is 0 Å². The quantitative estimate of drug-likeness (QED) is 0.770. The third kappa shape index (κ3) is 3.28. The molecule has 0 amide bonds. The summed E-state index contributed by atoms with van der Waals surface area (Å²) in [5.41, 5.74) is 5.93. The first-order chi connectivity index (χ1) is 14.1. The van der Waals surface area contributed by atoms with E-state index in [1.165, 1.54) is 36.0 Å². The van der Waals surface area contributed by atoms with E-state index in [4.69, 9.17) is 4.74 Å². The van der Waals surface area contributed by atoms with Gasteiger partial charge < -0.3 is 9.84 Å². The van der Waals surface area contributed by atoms with Crippen LogP contribution in [0.1, 0.15) is 51.9 Å².